The van der Waals surface area contributed by atoms with Gasteiger partial charge in [-0.15, -0.1) is 0 Å². The van der Waals surface area contributed by atoms with Crippen LogP contribution in [0.2, 0.25) is 0 Å². The summed E-state index contributed by atoms with van der Waals surface area (Å²) in [4.78, 5) is 17.8. The summed E-state index contributed by atoms with van der Waals surface area (Å²) < 4.78 is 12.5. The molecule has 0 saturated carbocycles. The summed E-state index contributed by atoms with van der Waals surface area (Å²) in [5.41, 5.74) is 3.29. The number of hydrogen-bond donors (Lipinski definition) is 1. The van der Waals surface area contributed by atoms with Crippen LogP contribution in [0.4, 0.5) is 5.82 Å². The molecular weight excluding hydrogens is 392 g/mol. The summed E-state index contributed by atoms with van der Waals surface area (Å²) in [5, 5.41) is 9.48. The molecule has 0 bridgehead atoms. The minimum atomic E-state index is -0.271. The number of nitrogens with zero attached hydrogens (tertiary/aromatic N) is 3. The zero-order chi connectivity index (χ0) is 22.0. The van der Waals surface area contributed by atoms with Crippen molar-refractivity contribution in [2.45, 2.75) is 33.2 Å². The first kappa shape index (κ1) is 20.7. The van der Waals surface area contributed by atoms with E-state index in [2.05, 4.69) is 23.4 Å². The highest BCUT2D eigenvalue weighted by Gasteiger charge is 2.17. The fourth-order valence-corrected chi connectivity index (χ4v) is 3.59. The van der Waals surface area contributed by atoms with Crippen LogP contribution >= 0.6 is 0 Å². The van der Waals surface area contributed by atoms with E-state index >= 15 is 0 Å². The maximum atomic E-state index is 13.0. The zero-order valence-electron chi connectivity index (χ0n) is 18.2. The SMILES string of the molecule is CCCCn1nc(NC(=O)c2ccc(OC)c(OC)c2)c2cc3cc(C)ccc3nc21. The van der Waals surface area contributed by atoms with Crippen molar-refractivity contribution in [3.05, 3.63) is 53.6 Å². The van der Waals surface area contributed by atoms with Gasteiger partial charge in [-0.05, 0) is 49.7 Å². The van der Waals surface area contributed by atoms with Gasteiger partial charge in [-0.3, -0.25) is 4.79 Å². The van der Waals surface area contributed by atoms with E-state index in [4.69, 9.17) is 14.5 Å². The molecule has 0 aliphatic carbocycles. The lowest BCUT2D eigenvalue weighted by Gasteiger charge is -2.09. The first-order valence-corrected chi connectivity index (χ1v) is 10.4. The Hall–Kier alpha value is -3.61. The maximum Gasteiger partial charge on any atom is 0.257 e. The van der Waals surface area contributed by atoms with E-state index < -0.39 is 0 Å². The van der Waals surface area contributed by atoms with Crippen LogP contribution in [-0.4, -0.2) is 34.9 Å². The van der Waals surface area contributed by atoms with E-state index in [-0.39, 0.29) is 5.91 Å². The number of nitrogens with one attached hydrogen (secondary N) is 1. The van der Waals surface area contributed by atoms with E-state index in [1.807, 2.05) is 29.8 Å². The van der Waals surface area contributed by atoms with Crippen molar-refractivity contribution in [3.8, 4) is 11.5 Å². The molecule has 0 aliphatic rings. The Morgan fingerprint density at radius 3 is 2.61 bits per heavy atom. The Labute approximate surface area is 181 Å². The fourth-order valence-electron chi connectivity index (χ4n) is 3.59. The topological polar surface area (TPSA) is 78.3 Å². The van der Waals surface area contributed by atoms with Gasteiger partial charge in [-0.25, -0.2) is 9.67 Å². The van der Waals surface area contributed by atoms with Crippen LogP contribution in [0.5, 0.6) is 11.5 Å². The number of aryl methyl sites for hydroxylation is 2. The second-order valence-electron chi connectivity index (χ2n) is 7.50. The summed E-state index contributed by atoms with van der Waals surface area (Å²) in [7, 11) is 3.10. The number of ether oxygens (including phenoxy) is 2. The first-order chi connectivity index (χ1) is 15.0. The number of rotatable bonds is 7. The molecule has 0 spiro atoms. The minimum absolute atomic E-state index is 0.271. The van der Waals surface area contributed by atoms with E-state index in [0.29, 0.717) is 22.9 Å². The second-order valence-corrected chi connectivity index (χ2v) is 7.50. The van der Waals surface area contributed by atoms with Crippen LogP contribution in [0.1, 0.15) is 35.7 Å². The molecule has 31 heavy (non-hydrogen) atoms. The molecule has 0 radical (unpaired) electrons. The third kappa shape index (κ3) is 4.03. The standard InChI is InChI=1S/C24H26N4O3/c1-5-6-11-28-23-18(13-17-12-15(2)7-9-19(17)25-23)22(27-28)26-24(29)16-8-10-20(30-3)21(14-16)31-4/h7-10,12-14H,5-6,11H2,1-4H3,(H,26,27,29). The number of hydrogen-bond acceptors (Lipinski definition) is 5. The summed E-state index contributed by atoms with van der Waals surface area (Å²) in [6.45, 7) is 4.93. The van der Waals surface area contributed by atoms with Gasteiger partial charge in [-0.1, -0.05) is 25.0 Å². The summed E-state index contributed by atoms with van der Waals surface area (Å²) in [6, 6.07) is 13.3. The summed E-state index contributed by atoms with van der Waals surface area (Å²) in [6.07, 6.45) is 2.02. The van der Waals surface area contributed by atoms with Crippen molar-refractivity contribution in [1.82, 2.24) is 14.8 Å². The third-order valence-corrected chi connectivity index (χ3v) is 5.27. The van der Waals surface area contributed by atoms with Crippen molar-refractivity contribution in [1.29, 1.82) is 0 Å². The molecule has 7 heteroatoms. The zero-order valence-corrected chi connectivity index (χ0v) is 18.2. The number of benzene rings is 2. The highest BCUT2D eigenvalue weighted by Crippen LogP contribution is 2.30. The van der Waals surface area contributed by atoms with Crippen LogP contribution < -0.4 is 14.8 Å². The molecule has 1 N–H and O–H groups in total. The third-order valence-electron chi connectivity index (χ3n) is 5.27. The largest absolute Gasteiger partial charge is 0.493 e. The van der Waals surface area contributed by atoms with Crippen LogP contribution in [0.15, 0.2) is 42.5 Å². The number of aromatic nitrogens is 3. The average molecular weight is 418 g/mol. The Bertz CT molecular complexity index is 1260. The van der Waals surface area contributed by atoms with E-state index in [9.17, 15) is 4.79 Å². The van der Waals surface area contributed by atoms with Gasteiger partial charge in [0, 0.05) is 17.5 Å². The molecule has 4 aromatic rings. The molecule has 2 aromatic carbocycles. The Kier molecular flexibility index (Phi) is 5.75. The maximum absolute atomic E-state index is 13.0. The van der Waals surface area contributed by atoms with Crippen LogP contribution in [-0.2, 0) is 6.54 Å². The fraction of sp³-hybridized carbons (Fsp3) is 0.292. The highest BCUT2D eigenvalue weighted by molar-refractivity contribution is 6.09. The van der Waals surface area contributed by atoms with Crippen LogP contribution in [0, 0.1) is 6.92 Å². The van der Waals surface area contributed by atoms with Crippen molar-refractivity contribution < 1.29 is 14.3 Å². The molecule has 2 heterocycles. The Morgan fingerprint density at radius 1 is 1.06 bits per heavy atom. The lowest BCUT2D eigenvalue weighted by molar-refractivity contribution is 0.102. The van der Waals surface area contributed by atoms with Gasteiger partial charge >= 0.3 is 0 Å². The van der Waals surface area contributed by atoms with E-state index in [0.717, 1.165) is 46.9 Å². The lowest BCUT2D eigenvalue weighted by Crippen LogP contribution is -2.13. The molecule has 0 aliphatic heterocycles. The molecule has 160 valence electrons. The molecule has 0 atom stereocenters. The van der Waals surface area contributed by atoms with E-state index in [1.165, 1.54) is 0 Å². The van der Waals surface area contributed by atoms with Gasteiger partial charge in [0.1, 0.15) is 0 Å². The Balaban J connectivity index is 1.76. The smallest absolute Gasteiger partial charge is 0.257 e. The summed E-state index contributed by atoms with van der Waals surface area (Å²) in [5.74, 6) is 1.30. The molecule has 0 fully saturated rings. The Morgan fingerprint density at radius 2 is 1.87 bits per heavy atom. The van der Waals surface area contributed by atoms with Crippen molar-refractivity contribution in [2.75, 3.05) is 19.5 Å². The number of carbonyl (C=O) groups excluding carboxylic acids is 1. The molecule has 7 nitrogen and oxygen atoms in total. The van der Waals surface area contributed by atoms with Gasteiger partial charge in [0.15, 0.2) is 23.0 Å². The van der Waals surface area contributed by atoms with Gasteiger partial charge in [0.25, 0.3) is 5.91 Å². The van der Waals surface area contributed by atoms with Gasteiger partial charge in [0.05, 0.1) is 25.1 Å². The lowest BCUT2D eigenvalue weighted by atomic mass is 10.1. The molecule has 4 rings (SSSR count). The number of amides is 1. The normalized spacial score (nSPS) is 11.1. The number of fused-ring (bicyclic) bond motifs is 2. The number of carbonyl (C=O) groups is 1. The number of methoxy groups -OCH3 is 2. The van der Waals surface area contributed by atoms with Crippen LogP contribution in [0.3, 0.4) is 0 Å². The molecule has 2 aromatic heterocycles. The van der Waals surface area contributed by atoms with Crippen molar-refractivity contribution >= 4 is 33.7 Å². The molecule has 1 amide bonds. The molecule has 0 unspecified atom stereocenters. The molecule has 0 saturated heterocycles. The average Bonchev–Trinajstić information content (AvgIpc) is 3.11. The summed E-state index contributed by atoms with van der Waals surface area (Å²) >= 11 is 0. The van der Waals surface area contributed by atoms with Gasteiger partial charge < -0.3 is 14.8 Å². The van der Waals surface area contributed by atoms with E-state index in [1.54, 1.807) is 32.4 Å². The first-order valence-electron chi connectivity index (χ1n) is 10.4. The highest BCUT2D eigenvalue weighted by atomic mass is 16.5. The quantitative estimate of drug-likeness (QED) is 0.459. The predicted molar refractivity (Wildman–Crippen MR) is 122 cm³/mol. The number of unbranched alkanes of at least 4 members (excludes halogenated alkanes) is 1. The van der Waals surface area contributed by atoms with Gasteiger partial charge in [0.2, 0.25) is 0 Å². The van der Waals surface area contributed by atoms with Crippen molar-refractivity contribution in [2.24, 2.45) is 0 Å². The monoisotopic (exact) mass is 418 g/mol. The number of anilines is 1. The predicted octanol–water partition coefficient (Wildman–Crippen LogP) is 4.96. The number of pyridine rings is 1. The van der Waals surface area contributed by atoms with Crippen LogP contribution in [0.25, 0.3) is 21.9 Å². The minimum Gasteiger partial charge on any atom is -0.493 e. The second kappa shape index (κ2) is 8.63. The van der Waals surface area contributed by atoms with Crippen molar-refractivity contribution in [3.63, 3.8) is 0 Å². The molecular formula is C24H26N4O3. The van der Waals surface area contributed by atoms with Gasteiger partial charge in [-0.2, -0.15) is 5.10 Å².